The first-order valence-corrected chi connectivity index (χ1v) is 14.1. The Labute approximate surface area is 251 Å². The first-order valence-electron chi connectivity index (χ1n) is 13.7. The molecule has 12 heteroatoms. The molecule has 10 nitrogen and oxygen atoms in total. The average molecular weight is 604 g/mol. The summed E-state index contributed by atoms with van der Waals surface area (Å²) in [5, 5.41) is 12.0. The van der Waals surface area contributed by atoms with Gasteiger partial charge in [-0.1, -0.05) is 29.8 Å². The zero-order chi connectivity index (χ0) is 30.1. The molecule has 2 N–H and O–H groups in total. The van der Waals surface area contributed by atoms with Crippen molar-refractivity contribution in [1.29, 1.82) is 0 Å². The molecule has 2 aliphatic rings. The standard InChI is InChI=1S/C31H27ClFN5O5/c32-23-4-2-6-26(27(23)33)37-17-24(34-18-37)30(40)38-12-11-21-22(3-1-5-25(21)36-13-15-43-16-14-36)28(38)29(39)35-20-9-7-19(8-10-20)31(41)42/h1-10,17-18,28H,11-16H2,(H,35,39)(H,41,42)/t28-/m0/s1. The highest BCUT2D eigenvalue weighted by atomic mass is 35.5. The Morgan fingerprint density at radius 2 is 1.70 bits per heavy atom. The number of amides is 2. The Kier molecular flexibility index (Phi) is 7.83. The van der Waals surface area contributed by atoms with Gasteiger partial charge >= 0.3 is 5.97 Å². The average Bonchev–Trinajstić information content (AvgIpc) is 3.52. The maximum absolute atomic E-state index is 14.7. The fraction of sp³-hybridized carbons (Fsp3) is 0.226. The number of fused-ring (bicyclic) bond motifs is 1. The zero-order valence-electron chi connectivity index (χ0n) is 22.9. The van der Waals surface area contributed by atoms with E-state index in [1.54, 1.807) is 6.07 Å². The lowest BCUT2D eigenvalue weighted by Crippen LogP contribution is -2.46. The summed E-state index contributed by atoms with van der Waals surface area (Å²) in [6.45, 7) is 2.86. The Morgan fingerprint density at radius 3 is 2.44 bits per heavy atom. The molecule has 0 spiro atoms. The highest BCUT2D eigenvalue weighted by molar-refractivity contribution is 6.30. The number of aromatic carboxylic acids is 1. The van der Waals surface area contributed by atoms with Gasteiger partial charge in [-0.3, -0.25) is 9.59 Å². The second-order valence-electron chi connectivity index (χ2n) is 10.2. The number of carbonyl (C=O) groups is 3. The number of carboxylic acids is 1. The van der Waals surface area contributed by atoms with Gasteiger partial charge < -0.3 is 29.5 Å². The highest BCUT2D eigenvalue weighted by Gasteiger charge is 2.38. The van der Waals surface area contributed by atoms with Gasteiger partial charge in [0.2, 0.25) is 0 Å². The van der Waals surface area contributed by atoms with E-state index >= 15 is 0 Å². The van der Waals surface area contributed by atoms with Crippen molar-refractivity contribution in [3.8, 4) is 5.69 Å². The van der Waals surface area contributed by atoms with Crippen LogP contribution >= 0.6 is 11.6 Å². The van der Waals surface area contributed by atoms with Crippen LogP contribution in [0, 0.1) is 5.82 Å². The molecule has 3 aromatic carbocycles. The second-order valence-corrected chi connectivity index (χ2v) is 10.6. The number of halogens is 2. The minimum atomic E-state index is -1.08. The molecule has 2 aliphatic heterocycles. The lowest BCUT2D eigenvalue weighted by molar-refractivity contribution is -0.121. The van der Waals surface area contributed by atoms with Crippen LogP contribution in [-0.2, 0) is 16.0 Å². The topological polar surface area (TPSA) is 117 Å². The molecule has 0 bridgehead atoms. The largest absolute Gasteiger partial charge is 0.478 e. The molecule has 0 unspecified atom stereocenters. The van der Waals surface area contributed by atoms with Gasteiger partial charge in [-0.15, -0.1) is 0 Å². The number of morpholine rings is 1. The van der Waals surface area contributed by atoms with Gasteiger partial charge in [0.1, 0.15) is 18.1 Å². The first kappa shape index (κ1) is 28.4. The van der Waals surface area contributed by atoms with E-state index in [9.17, 15) is 23.9 Å². The summed E-state index contributed by atoms with van der Waals surface area (Å²) in [6, 6.07) is 15.1. The third-order valence-corrected chi connectivity index (χ3v) is 7.96. The number of nitrogens with zero attached hydrogens (tertiary/aromatic N) is 4. The molecule has 220 valence electrons. The fourth-order valence-electron chi connectivity index (χ4n) is 5.56. The predicted molar refractivity (Wildman–Crippen MR) is 158 cm³/mol. The number of anilines is 2. The SMILES string of the molecule is O=C(O)c1ccc(NC(=O)[C@@H]2c3cccc(N4CCOCC4)c3CCN2C(=O)c2cn(-c3cccc(Cl)c3F)cn2)cc1. The fourth-order valence-corrected chi connectivity index (χ4v) is 5.73. The predicted octanol–water partition coefficient (Wildman–Crippen LogP) is 4.58. The quantitative estimate of drug-likeness (QED) is 0.331. The number of hydrogen-bond donors (Lipinski definition) is 2. The molecule has 0 radical (unpaired) electrons. The molecule has 1 atom stereocenters. The van der Waals surface area contributed by atoms with E-state index in [1.165, 1.54) is 58.4 Å². The van der Waals surface area contributed by atoms with E-state index in [0.29, 0.717) is 44.0 Å². The van der Waals surface area contributed by atoms with Crippen LogP contribution in [0.25, 0.3) is 5.69 Å². The number of rotatable bonds is 6. The molecule has 6 rings (SSSR count). The summed E-state index contributed by atoms with van der Waals surface area (Å²) in [4.78, 5) is 47.1. The maximum Gasteiger partial charge on any atom is 0.335 e. The van der Waals surface area contributed by atoms with Crippen molar-refractivity contribution in [2.45, 2.75) is 12.5 Å². The minimum absolute atomic E-state index is 0.0378. The van der Waals surface area contributed by atoms with Gasteiger partial charge in [-0.2, -0.15) is 0 Å². The molecule has 1 fully saturated rings. The molecule has 4 aromatic rings. The summed E-state index contributed by atoms with van der Waals surface area (Å²) in [5.41, 5.74) is 3.30. The summed E-state index contributed by atoms with van der Waals surface area (Å²) >= 11 is 5.95. The van der Waals surface area contributed by atoms with Crippen LogP contribution in [0.3, 0.4) is 0 Å². The third-order valence-electron chi connectivity index (χ3n) is 7.67. The van der Waals surface area contributed by atoms with Crippen LogP contribution in [-0.4, -0.2) is 70.2 Å². The smallest absolute Gasteiger partial charge is 0.335 e. The van der Waals surface area contributed by atoms with Gasteiger partial charge in [0.05, 0.1) is 29.5 Å². The van der Waals surface area contributed by atoms with E-state index in [4.69, 9.17) is 16.3 Å². The number of hydrogen-bond acceptors (Lipinski definition) is 6. The second kappa shape index (κ2) is 11.9. The lowest BCUT2D eigenvalue weighted by atomic mass is 9.89. The van der Waals surface area contributed by atoms with Crippen LogP contribution in [0.5, 0.6) is 0 Å². The van der Waals surface area contributed by atoms with Crippen molar-refractivity contribution in [3.63, 3.8) is 0 Å². The van der Waals surface area contributed by atoms with Crippen LogP contribution in [0.15, 0.2) is 73.2 Å². The van der Waals surface area contributed by atoms with Crippen molar-refractivity contribution >= 4 is 40.8 Å². The molecular formula is C31H27ClFN5O5. The molecule has 1 saturated heterocycles. The molecule has 3 heterocycles. The lowest BCUT2D eigenvalue weighted by Gasteiger charge is -2.39. The normalized spacial score (nSPS) is 16.5. The Bertz CT molecular complexity index is 1700. The van der Waals surface area contributed by atoms with Gasteiger partial charge in [0.15, 0.2) is 5.82 Å². The monoisotopic (exact) mass is 603 g/mol. The van der Waals surface area contributed by atoms with E-state index in [1.807, 2.05) is 18.2 Å². The van der Waals surface area contributed by atoms with Crippen molar-refractivity contribution in [3.05, 3.63) is 106 Å². The Morgan fingerprint density at radius 1 is 0.977 bits per heavy atom. The van der Waals surface area contributed by atoms with Gasteiger partial charge in [-0.05, 0) is 60.0 Å². The van der Waals surface area contributed by atoms with Gasteiger partial charge in [-0.25, -0.2) is 14.2 Å². The Balaban J connectivity index is 1.35. The summed E-state index contributed by atoms with van der Waals surface area (Å²) in [6.07, 6.45) is 3.25. The van der Waals surface area contributed by atoms with Crippen LogP contribution < -0.4 is 10.2 Å². The third kappa shape index (κ3) is 5.56. The number of ether oxygens (including phenoxy) is 1. The number of imidazole rings is 1. The van der Waals surface area contributed by atoms with Crippen molar-refractivity contribution in [1.82, 2.24) is 14.5 Å². The van der Waals surface area contributed by atoms with Crippen molar-refractivity contribution in [2.75, 3.05) is 43.1 Å². The van der Waals surface area contributed by atoms with Crippen molar-refractivity contribution < 1.29 is 28.6 Å². The number of carbonyl (C=O) groups excluding carboxylic acids is 2. The van der Waals surface area contributed by atoms with Crippen LogP contribution in [0.4, 0.5) is 15.8 Å². The molecular weight excluding hydrogens is 577 g/mol. The van der Waals surface area contributed by atoms with E-state index in [2.05, 4.69) is 15.2 Å². The molecule has 43 heavy (non-hydrogen) atoms. The molecule has 2 amide bonds. The van der Waals surface area contributed by atoms with Gasteiger partial charge in [0.25, 0.3) is 11.8 Å². The number of nitrogens with one attached hydrogen (secondary N) is 1. The summed E-state index contributed by atoms with van der Waals surface area (Å²) in [5.74, 6) is -2.68. The van der Waals surface area contributed by atoms with Crippen molar-refractivity contribution in [2.24, 2.45) is 0 Å². The summed E-state index contributed by atoms with van der Waals surface area (Å²) in [7, 11) is 0. The molecule has 0 saturated carbocycles. The molecule has 0 aliphatic carbocycles. The number of carboxylic acid groups (broad SMARTS) is 1. The van der Waals surface area contributed by atoms with Crippen LogP contribution in [0.1, 0.15) is 38.0 Å². The minimum Gasteiger partial charge on any atom is -0.478 e. The highest BCUT2D eigenvalue weighted by Crippen LogP contribution is 2.37. The Hall–Kier alpha value is -4.74. The number of aromatic nitrogens is 2. The first-order chi connectivity index (χ1) is 20.8. The summed E-state index contributed by atoms with van der Waals surface area (Å²) < 4.78 is 21.6. The zero-order valence-corrected chi connectivity index (χ0v) is 23.6. The van der Waals surface area contributed by atoms with E-state index in [-0.39, 0.29) is 28.5 Å². The van der Waals surface area contributed by atoms with Gasteiger partial charge in [0, 0.05) is 37.2 Å². The number of benzene rings is 3. The van der Waals surface area contributed by atoms with E-state index < -0.39 is 29.6 Å². The van der Waals surface area contributed by atoms with Crippen LogP contribution in [0.2, 0.25) is 5.02 Å². The molecule has 1 aromatic heterocycles. The maximum atomic E-state index is 14.7. The van der Waals surface area contributed by atoms with E-state index in [0.717, 1.165) is 11.3 Å².